The number of imide groups is 1. The minimum absolute atomic E-state index is 0.0257. The average Bonchev–Trinajstić information content (AvgIpc) is 3.82. The number of nitrogens with two attached hydrogens (primary N) is 1. The Morgan fingerprint density at radius 3 is 2.23 bits per heavy atom. The van der Waals surface area contributed by atoms with Gasteiger partial charge in [-0.2, -0.15) is 0 Å². The summed E-state index contributed by atoms with van der Waals surface area (Å²) in [6.45, 7) is 9.52. The molecule has 7 N–H and O–H groups in total. The number of carbonyl (C=O) groups is 10. The molecule has 1 saturated heterocycles. The first kappa shape index (κ1) is 63.6. The minimum atomic E-state index is -1.46. The first-order chi connectivity index (χ1) is 39.4. The molecule has 1 unspecified atom stereocenters. The Balaban J connectivity index is 0.865. The lowest BCUT2D eigenvalue weighted by atomic mass is 9.46. The Kier molecular flexibility index (Phi) is 21.2. The Hall–Kier alpha value is -6.98. The summed E-state index contributed by atoms with van der Waals surface area (Å²) in [7, 11) is 3.00. The number of ketones is 2. The van der Waals surface area contributed by atoms with E-state index in [-0.39, 0.29) is 99.2 Å². The molecule has 454 valence electrons. The van der Waals surface area contributed by atoms with Crippen LogP contribution in [0.1, 0.15) is 124 Å². The number of amides is 9. The average molecular weight is 1160 g/mol. The zero-order valence-corrected chi connectivity index (χ0v) is 48.9. The first-order valence-electron chi connectivity index (χ1n) is 29.2. The van der Waals surface area contributed by atoms with Gasteiger partial charge in [0.1, 0.15) is 18.7 Å². The molecule has 6 aliphatic rings. The number of hydrogen-bond donors (Lipinski definition) is 6. The number of unbranched alkanes of at least 4 members (excludes halogenated alkanes) is 3. The van der Waals surface area contributed by atoms with E-state index in [0.29, 0.717) is 62.6 Å². The maximum atomic E-state index is 14.7. The van der Waals surface area contributed by atoms with Crippen molar-refractivity contribution in [2.45, 2.75) is 161 Å². The summed E-state index contributed by atoms with van der Waals surface area (Å²) in [5.41, 5.74) is 4.40. The molecular formula is C60H84N8O15. The molecule has 83 heavy (non-hydrogen) atoms. The highest BCUT2D eigenvalue weighted by atomic mass is 16.7. The van der Waals surface area contributed by atoms with Crippen LogP contribution in [0, 0.1) is 34.5 Å². The standard InChI is InChI=1S/C60H84N8O15/c1-8-14-50-82-46-32-42-41-22-19-38-31-40(69)25-26-58(38,4)51(41)44(70)33-59(42,5)60(46,83-50)45(71)35-81-57(79)67(7)30-29-66(6)56(78)80-34-37-17-20-39(21-18-37)63-53(75)43(15-11-12-27-62-55(61)77)64-54(76)52(36(2)3)65-47(72)16-10-9-13-28-68-48(73)23-24-49(68)74/h17-18,20-21,23-26,31,36,41-44,46,50-52,70H,8-16,19,22,27-30,32-35H2,1-7H3,(H,63,75)(H,64,76)(H,65,72)(H3,61,62,77)/t41-,42-,43-,44-,46+,50?,51+,52-,58-,59-,60+/m0/s1. The summed E-state index contributed by atoms with van der Waals surface area (Å²) in [4.78, 5) is 132. The predicted molar refractivity (Wildman–Crippen MR) is 302 cm³/mol. The number of aliphatic hydroxyl groups is 1. The number of Topliss-reactive ketones (excluding diaryl/α,β-unsaturated/α-hetero) is 1. The molecule has 2 aliphatic heterocycles. The zero-order chi connectivity index (χ0) is 60.4. The van der Waals surface area contributed by atoms with Crippen LogP contribution < -0.4 is 27.0 Å². The number of nitrogens with one attached hydrogen (secondary N) is 4. The number of benzene rings is 1. The lowest BCUT2D eigenvalue weighted by Crippen LogP contribution is -2.63. The van der Waals surface area contributed by atoms with E-state index in [1.54, 1.807) is 50.3 Å². The fraction of sp³-hybridized carbons (Fsp3) is 0.633. The van der Waals surface area contributed by atoms with Gasteiger partial charge in [0.15, 0.2) is 24.3 Å². The molecule has 23 heteroatoms. The van der Waals surface area contributed by atoms with Crippen molar-refractivity contribution >= 4 is 65.0 Å². The van der Waals surface area contributed by atoms with Gasteiger partial charge in [-0.15, -0.1) is 0 Å². The number of aliphatic hydroxyl groups excluding tert-OH is 1. The van der Waals surface area contributed by atoms with E-state index in [9.17, 15) is 53.1 Å². The van der Waals surface area contributed by atoms with E-state index in [0.717, 1.165) is 23.3 Å². The molecule has 4 aliphatic carbocycles. The van der Waals surface area contributed by atoms with E-state index in [1.807, 2.05) is 19.9 Å². The van der Waals surface area contributed by atoms with E-state index >= 15 is 0 Å². The summed E-state index contributed by atoms with van der Waals surface area (Å²) in [5, 5.41) is 22.9. The molecule has 0 spiro atoms. The van der Waals surface area contributed by atoms with Gasteiger partial charge in [-0.1, -0.05) is 71.2 Å². The highest BCUT2D eigenvalue weighted by Gasteiger charge is 2.76. The Morgan fingerprint density at radius 2 is 1.57 bits per heavy atom. The first-order valence-corrected chi connectivity index (χ1v) is 29.2. The number of urea groups is 1. The van der Waals surface area contributed by atoms with Crippen LogP contribution in [0.15, 0.2) is 60.2 Å². The number of primary amides is 1. The fourth-order valence-corrected chi connectivity index (χ4v) is 13.4. The van der Waals surface area contributed by atoms with E-state index in [2.05, 4.69) is 28.2 Å². The topological polar surface area (TPSA) is 312 Å². The van der Waals surface area contributed by atoms with Crippen molar-refractivity contribution in [3.8, 4) is 0 Å². The van der Waals surface area contributed by atoms with Crippen LogP contribution in [0.25, 0.3) is 0 Å². The third-order valence-electron chi connectivity index (χ3n) is 17.8. The Morgan fingerprint density at radius 1 is 0.880 bits per heavy atom. The zero-order valence-electron chi connectivity index (χ0n) is 48.9. The number of rotatable bonds is 27. The molecule has 1 aromatic rings. The van der Waals surface area contributed by atoms with Gasteiger partial charge in [-0.25, -0.2) is 14.4 Å². The summed E-state index contributed by atoms with van der Waals surface area (Å²) in [5.74, 6) is -3.18. The second kappa shape index (κ2) is 27.6. The summed E-state index contributed by atoms with van der Waals surface area (Å²) in [6, 6.07) is 3.83. The number of nitrogens with zero attached hydrogens (tertiary/aromatic N) is 3. The number of ether oxygens (including phenoxy) is 4. The quantitative estimate of drug-likeness (QED) is 0.0502. The maximum Gasteiger partial charge on any atom is 0.409 e. The van der Waals surface area contributed by atoms with Gasteiger partial charge in [-0.3, -0.25) is 38.5 Å². The van der Waals surface area contributed by atoms with Gasteiger partial charge >= 0.3 is 18.2 Å². The summed E-state index contributed by atoms with van der Waals surface area (Å²) in [6.07, 6.45) is 10.5. The van der Waals surface area contributed by atoms with Gasteiger partial charge in [0.25, 0.3) is 11.8 Å². The van der Waals surface area contributed by atoms with Crippen molar-refractivity contribution in [1.29, 1.82) is 0 Å². The van der Waals surface area contributed by atoms with Crippen LogP contribution in [0.4, 0.5) is 20.1 Å². The van der Waals surface area contributed by atoms with Gasteiger partial charge in [-0.05, 0) is 112 Å². The van der Waals surface area contributed by atoms with Crippen molar-refractivity contribution < 1.29 is 72.0 Å². The summed E-state index contributed by atoms with van der Waals surface area (Å²) < 4.78 is 24.4. The van der Waals surface area contributed by atoms with Crippen LogP contribution in [0.2, 0.25) is 0 Å². The predicted octanol–water partition coefficient (Wildman–Crippen LogP) is 4.95. The van der Waals surface area contributed by atoms with E-state index < -0.39 is 89.4 Å². The third-order valence-corrected chi connectivity index (χ3v) is 17.8. The minimum Gasteiger partial charge on any atom is -0.445 e. The van der Waals surface area contributed by atoms with Crippen LogP contribution in [-0.2, 0) is 59.1 Å². The van der Waals surface area contributed by atoms with Gasteiger partial charge < -0.3 is 60.9 Å². The van der Waals surface area contributed by atoms with Gasteiger partial charge in [0.05, 0.1) is 12.2 Å². The molecule has 0 radical (unpaired) electrons. The number of hydrogen-bond acceptors (Lipinski definition) is 15. The molecule has 4 fully saturated rings. The lowest BCUT2D eigenvalue weighted by Gasteiger charge is -2.59. The lowest BCUT2D eigenvalue weighted by molar-refractivity contribution is -0.200. The third kappa shape index (κ3) is 14.5. The normalized spacial score (nSPS) is 27.3. The van der Waals surface area contributed by atoms with Crippen LogP contribution >= 0.6 is 0 Å². The Labute approximate surface area is 485 Å². The fourth-order valence-electron chi connectivity index (χ4n) is 13.4. The van der Waals surface area contributed by atoms with Gasteiger partial charge in [0, 0.05) is 81.3 Å². The SMILES string of the molecule is CCCC1O[C@@H]2C[C@H]3[C@@H]4CCC5=CC(=O)C=C[C@]5(C)[C@H]4[C@@H](O)C[C@]3(C)[C@]2(C(=O)COC(=O)N(C)CCN(C)C(=O)OCc2ccc(NC(=O)[C@H](CCCCNC(N)=O)NC(=O)[C@@H](NC(=O)CCCCCN3C(=O)C=CC3=O)C(C)C)cc2)O1. The van der Waals surface area contributed by atoms with Crippen LogP contribution in [0.5, 0.6) is 0 Å². The maximum absolute atomic E-state index is 14.7. The Bertz CT molecular complexity index is 2700. The second-order valence-corrected chi connectivity index (χ2v) is 23.8. The largest absolute Gasteiger partial charge is 0.445 e. The van der Waals surface area contributed by atoms with Crippen LogP contribution in [0.3, 0.4) is 0 Å². The van der Waals surface area contributed by atoms with E-state index in [1.165, 1.54) is 36.0 Å². The molecule has 23 nitrogen and oxygen atoms in total. The number of fused-ring (bicyclic) bond motifs is 7. The van der Waals surface area contributed by atoms with E-state index in [4.69, 9.17) is 24.7 Å². The highest BCUT2D eigenvalue weighted by molar-refractivity contribution is 6.12. The van der Waals surface area contributed by atoms with Crippen molar-refractivity contribution in [3.63, 3.8) is 0 Å². The molecule has 0 aromatic heterocycles. The number of likely N-dealkylation sites (N-methyl/N-ethyl adjacent to an activating group) is 2. The van der Waals surface area contributed by atoms with Crippen molar-refractivity contribution in [2.75, 3.05) is 52.2 Å². The highest BCUT2D eigenvalue weighted by Crippen LogP contribution is 2.69. The molecule has 9 amide bonds. The molecular weight excluding hydrogens is 1070 g/mol. The smallest absolute Gasteiger partial charge is 0.409 e. The molecule has 0 bridgehead atoms. The molecule has 11 atom stereocenters. The van der Waals surface area contributed by atoms with Gasteiger partial charge in [0.2, 0.25) is 23.5 Å². The monoisotopic (exact) mass is 1160 g/mol. The second-order valence-electron chi connectivity index (χ2n) is 23.8. The molecule has 1 aromatic carbocycles. The number of anilines is 1. The molecule has 2 heterocycles. The molecule has 3 saturated carbocycles. The number of carbonyl (C=O) groups excluding carboxylic acids is 10. The molecule has 7 rings (SSSR count). The van der Waals surface area contributed by atoms with Crippen molar-refractivity contribution in [1.82, 2.24) is 30.7 Å². The number of allylic oxidation sites excluding steroid dienone is 4. The van der Waals surface area contributed by atoms with Crippen LogP contribution in [-0.4, -0.2) is 162 Å². The summed E-state index contributed by atoms with van der Waals surface area (Å²) >= 11 is 0. The van der Waals surface area contributed by atoms with Crippen molar-refractivity contribution in [3.05, 3.63) is 65.8 Å². The van der Waals surface area contributed by atoms with Crippen molar-refractivity contribution in [2.24, 2.45) is 40.2 Å².